The number of carbonyl (C=O) groups excluding carboxylic acids is 2. The van der Waals surface area contributed by atoms with Gasteiger partial charge in [0.25, 0.3) is 5.91 Å². The number of hydrogen-bond acceptors (Lipinski definition) is 9. The van der Waals surface area contributed by atoms with Crippen LogP contribution in [0.5, 0.6) is 5.75 Å². The molecule has 0 unspecified atom stereocenters. The number of aliphatic hydroxyl groups excluding tert-OH is 2. The number of fused-ring (bicyclic) bond motifs is 2. The van der Waals surface area contributed by atoms with Gasteiger partial charge in [-0.3, -0.25) is 14.4 Å². The van der Waals surface area contributed by atoms with Crippen LogP contribution in [0, 0.1) is 29.1 Å². The number of aliphatic hydroxyl groups is 2. The van der Waals surface area contributed by atoms with Gasteiger partial charge in [-0.15, -0.1) is 0 Å². The Labute approximate surface area is 345 Å². The number of amides is 2. The van der Waals surface area contributed by atoms with Crippen LogP contribution in [0.25, 0.3) is 11.1 Å². The third kappa shape index (κ3) is 7.88. The number of rotatable bonds is 13. The molecule has 3 aromatic carbocycles. The van der Waals surface area contributed by atoms with Gasteiger partial charge in [-0.1, -0.05) is 69.3 Å². The van der Waals surface area contributed by atoms with Gasteiger partial charge in [0.15, 0.2) is 0 Å². The number of benzene rings is 3. The van der Waals surface area contributed by atoms with Crippen LogP contribution < -0.4 is 15.0 Å². The largest absolute Gasteiger partial charge is 0.496 e. The second kappa shape index (κ2) is 16.9. The lowest BCUT2D eigenvalue weighted by molar-refractivity contribution is -0.183. The molecule has 2 heterocycles. The lowest BCUT2D eigenvalue weighted by Gasteiger charge is -2.62. The Kier molecular flexibility index (Phi) is 12.3. The third-order valence-corrected chi connectivity index (χ3v) is 14.2. The summed E-state index contributed by atoms with van der Waals surface area (Å²) in [5, 5.41) is 26.5. The first-order chi connectivity index (χ1) is 27.6. The summed E-state index contributed by atoms with van der Waals surface area (Å²) in [6.07, 6.45) is 2.29. The van der Waals surface area contributed by atoms with Crippen LogP contribution in [-0.4, -0.2) is 116 Å². The van der Waals surface area contributed by atoms with Crippen LogP contribution in [0.15, 0.2) is 66.7 Å². The number of hydroxylamine groups is 2. The molecule has 3 aliphatic carbocycles. The van der Waals surface area contributed by atoms with Crippen molar-refractivity contribution in [2.75, 3.05) is 53.4 Å². The molecule has 2 saturated heterocycles. The molecule has 2 amide bonds. The van der Waals surface area contributed by atoms with Crippen molar-refractivity contribution in [1.82, 2.24) is 20.2 Å². The van der Waals surface area contributed by atoms with Gasteiger partial charge < -0.3 is 35.0 Å². The molecule has 3 aromatic rings. The molecule has 3 N–H and O–H groups in total. The number of likely N-dealkylation sites (tertiary alicyclic amines) is 1. The Balaban J connectivity index is 1.21. The fourth-order valence-electron chi connectivity index (χ4n) is 10.9. The average Bonchev–Trinajstić information content (AvgIpc) is 3.79. The van der Waals surface area contributed by atoms with Crippen molar-refractivity contribution in [2.45, 2.75) is 96.3 Å². The number of ether oxygens (including phenoxy) is 1. The molecule has 11 nitrogen and oxygen atoms in total. The minimum absolute atomic E-state index is 0.00930. The number of hydrogen-bond donors (Lipinski definition) is 3. The van der Waals surface area contributed by atoms with E-state index >= 15 is 0 Å². The van der Waals surface area contributed by atoms with Crippen molar-refractivity contribution < 1.29 is 29.4 Å². The quantitative estimate of drug-likeness (QED) is 0.192. The van der Waals surface area contributed by atoms with Crippen LogP contribution >= 0.6 is 0 Å². The highest BCUT2D eigenvalue weighted by Gasteiger charge is 2.57. The number of carbonyl (C=O) groups is 2. The summed E-state index contributed by atoms with van der Waals surface area (Å²) in [7, 11) is 9.69. The predicted octanol–water partition coefficient (Wildman–Crippen LogP) is 6.00. The standard InChI is InChI=1S/C47H65N5O6/c1-28-38-23-34(47(38,3)4)24-39(28)48-45(55)43-42(29(2)54)41(27-53)58-51(43)25-31-16-13-17-37(44(31)57-9)32-20-33(22-36(21-32)50(7)8)46(56)52-35(26-49(5)6)18-19-40(52)30-14-11-10-12-15-30/h10-17,20-22,28-29,34-35,38-43,53-54H,18-19,23-27H2,1-9H3,(H,48,55)/t28-,29-,34-,35+,38-,39-,40-,41-,42-,43-/m0/s1. The maximum Gasteiger partial charge on any atom is 0.254 e. The highest BCUT2D eigenvalue weighted by atomic mass is 16.7. The van der Waals surface area contributed by atoms with E-state index < -0.39 is 24.2 Å². The summed E-state index contributed by atoms with van der Waals surface area (Å²) in [6.45, 7) is 9.20. The van der Waals surface area contributed by atoms with Crippen LogP contribution in [0.2, 0.25) is 0 Å². The third-order valence-electron chi connectivity index (χ3n) is 14.2. The Hall–Kier alpha value is -4.00. The summed E-state index contributed by atoms with van der Waals surface area (Å²) in [4.78, 5) is 41.8. The fraction of sp³-hybridized carbons (Fsp3) is 0.574. The minimum Gasteiger partial charge on any atom is -0.496 e. The normalized spacial score (nSPS) is 29.6. The number of nitrogens with zero attached hydrogens (tertiary/aromatic N) is 4. The van der Waals surface area contributed by atoms with E-state index in [2.05, 4.69) is 68.2 Å². The van der Waals surface area contributed by atoms with E-state index in [0.717, 1.165) is 53.7 Å². The van der Waals surface area contributed by atoms with Gasteiger partial charge in [0.2, 0.25) is 5.91 Å². The van der Waals surface area contributed by atoms with Gasteiger partial charge >= 0.3 is 0 Å². The van der Waals surface area contributed by atoms with Crippen LogP contribution in [0.1, 0.15) is 80.9 Å². The Morgan fingerprint density at radius 2 is 1.76 bits per heavy atom. The molecule has 8 rings (SSSR count). The summed E-state index contributed by atoms with van der Waals surface area (Å²) in [5.41, 5.74) is 5.30. The molecule has 3 saturated carbocycles. The van der Waals surface area contributed by atoms with Gasteiger partial charge in [0, 0.05) is 61.0 Å². The zero-order valence-electron chi connectivity index (χ0n) is 35.9. The van der Waals surface area contributed by atoms with E-state index in [-0.39, 0.29) is 48.5 Å². The summed E-state index contributed by atoms with van der Waals surface area (Å²) < 4.78 is 6.18. The maximum absolute atomic E-state index is 14.8. The molecule has 0 aromatic heterocycles. The first-order valence-corrected chi connectivity index (χ1v) is 21.2. The molecule has 10 atom stereocenters. The SMILES string of the molecule is COc1c(CN2O[C@@H](CO)[C@H]([C@H](C)O)[C@H]2C(=O)N[C@H]2C[C@@H]3C[C@@H]([C@@H]2C)C3(C)C)cccc1-c1cc(C(=O)N2[C@@H](CN(C)C)CC[C@H]2c2ccccc2)cc(N(C)C)c1. The van der Waals surface area contributed by atoms with E-state index in [1.807, 2.05) is 67.5 Å². The van der Waals surface area contributed by atoms with E-state index in [1.165, 1.54) is 6.42 Å². The second-order valence-electron chi connectivity index (χ2n) is 18.5. The second-order valence-corrected chi connectivity index (χ2v) is 18.5. The van der Waals surface area contributed by atoms with Crippen LogP contribution in [0.3, 0.4) is 0 Å². The molecule has 0 spiro atoms. The van der Waals surface area contributed by atoms with Crippen LogP contribution in [0.4, 0.5) is 5.69 Å². The van der Waals surface area contributed by atoms with Crippen molar-refractivity contribution in [3.8, 4) is 16.9 Å². The van der Waals surface area contributed by atoms with Crippen LogP contribution in [-0.2, 0) is 16.2 Å². The summed E-state index contributed by atoms with van der Waals surface area (Å²) in [5.74, 6) is 1.20. The maximum atomic E-state index is 14.8. The summed E-state index contributed by atoms with van der Waals surface area (Å²) in [6, 6.07) is 21.5. The van der Waals surface area contributed by atoms with Crippen molar-refractivity contribution in [2.24, 2.45) is 29.1 Å². The first-order valence-electron chi connectivity index (χ1n) is 21.2. The molecule has 58 heavy (non-hydrogen) atoms. The van der Waals surface area contributed by atoms with Gasteiger partial charge in [-0.2, -0.15) is 5.06 Å². The molecule has 2 aliphatic heterocycles. The van der Waals surface area contributed by atoms with Gasteiger partial charge in [0.1, 0.15) is 17.9 Å². The minimum atomic E-state index is -0.901. The number of para-hydroxylation sites is 1. The average molecular weight is 796 g/mol. The molecule has 314 valence electrons. The highest BCUT2D eigenvalue weighted by Crippen LogP contribution is 2.61. The predicted molar refractivity (Wildman–Crippen MR) is 227 cm³/mol. The van der Waals surface area contributed by atoms with Gasteiger partial charge in [0.05, 0.1) is 32.4 Å². The van der Waals surface area contributed by atoms with Gasteiger partial charge in [-0.25, -0.2) is 0 Å². The summed E-state index contributed by atoms with van der Waals surface area (Å²) >= 11 is 0. The smallest absolute Gasteiger partial charge is 0.254 e. The molecule has 11 heteroatoms. The molecular formula is C47H65N5O6. The lowest BCUT2D eigenvalue weighted by Crippen LogP contribution is -2.62. The van der Waals surface area contributed by atoms with Crippen molar-refractivity contribution >= 4 is 17.5 Å². The van der Waals surface area contributed by atoms with E-state index in [0.29, 0.717) is 29.1 Å². The fourth-order valence-corrected chi connectivity index (χ4v) is 10.9. The van der Waals surface area contributed by atoms with E-state index in [4.69, 9.17) is 9.57 Å². The molecule has 5 fully saturated rings. The van der Waals surface area contributed by atoms with Crippen molar-refractivity contribution in [3.63, 3.8) is 0 Å². The lowest BCUT2D eigenvalue weighted by atomic mass is 9.45. The first kappa shape index (κ1) is 42.1. The number of anilines is 1. The Morgan fingerprint density at radius 1 is 1.02 bits per heavy atom. The number of likely N-dealkylation sites (N-methyl/N-ethyl adjacent to an activating group) is 1. The van der Waals surface area contributed by atoms with E-state index in [1.54, 1.807) is 19.1 Å². The topological polar surface area (TPSA) is 118 Å². The molecule has 2 bridgehead atoms. The molecule has 5 aliphatic rings. The Morgan fingerprint density at radius 3 is 2.38 bits per heavy atom. The monoisotopic (exact) mass is 795 g/mol. The zero-order chi connectivity index (χ0) is 41.6. The van der Waals surface area contributed by atoms with Crippen molar-refractivity contribution in [3.05, 3.63) is 83.4 Å². The Bertz CT molecular complexity index is 1940. The van der Waals surface area contributed by atoms with Gasteiger partial charge in [-0.05, 0) is 99.2 Å². The number of nitrogens with one attached hydrogen (secondary N) is 1. The van der Waals surface area contributed by atoms with Crippen molar-refractivity contribution in [1.29, 1.82) is 0 Å². The molecule has 0 radical (unpaired) electrons. The number of methoxy groups -OCH3 is 1. The molecular weight excluding hydrogens is 731 g/mol. The van der Waals surface area contributed by atoms with E-state index in [9.17, 15) is 19.8 Å². The zero-order valence-corrected chi connectivity index (χ0v) is 35.9. The highest BCUT2D eigenvalue weighted by molar-refractivity contribution is 5.98.